The van der Waals surface area contributed by atoms with Gasteiger partial charge in [0.15, 0.2) is 0 Å². The smallest absolute Gasteiger partial charge is 0.407 e. The van der Waals surface area contributed by atoms with Crippen LogP contribution in [0.15, 0.2) is 48.5 Å². The third-order valence-corrected chi connectivity index (χ3v) is 7.98. The van der Waals surface area contributed by atoms with Gasteiger partial charge in [-0.15, -0.1) is 0 Å². The summed E-state index contributed by atoms with van der Waals surface area (Å²) in [7, 11) is 1.79. The van der Waals surface area contributed by atoms with Crippen LogP contribution in [0.3, 0.4) is 0 Å². The first-order chi connectivity index (χ1) is 16.9. The van der Waals surface area contributed by atoms with Crippen LogP contribution in [0.5, 0.6) is 0 Å². The molecule has 5 rings (SSSR count). The van der Waals surface area contributed by atoms with E-state index in [1.165, 1.54) is 22.3 Å². The largest absolute Gasteiger partial charge is 0.481 e. The Balaban J connectivity index is 1.12. The number of fused-ring (bicyclic) bond motifs is 4. The molecule has 7 nitrogen and oxygen atoms in total. The number of aliphatic carboxylic acids is 1. The lowest BCUT2D eigenvalue weighted by atomic mass is 9.98. The summed E-state index contributed by atoms with van der Waals surface area (Å²) in [6.45, 7) is 0.838. The van der Waals surface area contributed by atoms with Gasteiger partial charge in [-0.05, 0) is 60.3 Å². The maximum Gasteiger partial charge on any atom is 0.407 e. The Morgan fingerprint density at radius 1 is 1.03 bits per heavy atom. The summed E-state index contributed by atoms with van der Waals surface area (Å²) in [5, 5.41) is 11.8. The lowest BCUT2D eigenvalue weighted by Gasteiger charge is -2.24. The topological polar surface area (TPSA) is 95.9 Å². The molecule has 3 aliphatic rings. The van der Waals surface area contributed by atoms with Crippen molar-refractivity contribution in [2.45, 2.75) is 50.5 Å². The van der Waals surface area contributed by atoms with Gasteiger partial charge in [0.25, 0.3) is 0 Å². The fourth-order valence-electron chi connectivity index (χ4n) is 6.18. The first-order valence-electron chi connectivity index (χ1n) is 12.5. The molecule has 184 valence electrons. The van der Waals surface area contributed by atoms with E-state index in [4.69, 9.17) is 9.84 Å². The van der Waals surface area contributed by atoms with E-state index in [1.807, 2.05) is 24.3 Å². The molecule has 0 bridgehead atoms. The van der Waals surface area contributed by atoms with E-state index in [1.54, 1.807) is 11.9 Å². The summed E-state index contributed by atoms with van der Waals surface area (Å²) in [4.78, 5) is 38.1. The highest BCUT2D eigenvalue weighted by molar-refractivity contribution is 5.86. The van der Waals surface area contributed by atoms with Gasteiger partial charge in [0, 0.05) is 32.0 Å². The normalized spacial score (nSPS) is 23.7. The van der Waals surface area contributed by atoms with Crippen molar-refractivity contribution in [1.29, 1.82) is 0 Å². The number of rotatable bonds is 9. The Bertz CT molecular complexity index is 1100. The van der Waals surface area contributed by atoms with Crippen LogP contribution in [0.2, 0.25) is 0 Å². The number of nitrogens with one attached hydrogen (secondary N) is 1. The van der Waals surface area contributed by atoms with Gasteiger partial charge in [0.1, 0.15) is 6.61 Å². The molecular formula is C28H32N2O5. The quantitative estimate of drug-likeness (QED) is 0.523. The molecule has 0 unspecified atom stereocenters. The Morgan fingerprint density at radius 3 is 2.34 bits per heavy atom. The molecule has 0 radical (unpaired) electrons. The van der Waals surface area contributed by atoms with Gasteiger partial charge in [0.05, 0.1) is 5.41 Å². The molecule has 0 spiro atoms. The Kier molecular flexibility index (Phi) is 6.26. The number of carbonyl (C=O) groups excluding carboxylic acids is 2. The Labute approximate surface area is 205 Å². The first-order valence-corrected chi connectivity index (χ1v) is 12.5. The van der Waals surface area contributed by atoms with Crippen molar-refractivity contribution in [3.8, 4) is 11.1 Å². The zero-order valence-electron chi connectivity index (χ0n) is 20.0. The van der Waals surface area contributed by atoms with Crippen LogP contribution in [0, 0.1) is 11.3 Å². The van der Waals surface area contributed by atoms with Crippen LogP contribution < -0.4 is 5.32 Å². The number of carbonyl (C=O) groups is 3. The highest BCUT2D eigenvalue weighted by Crippen LogP contribution is 2.64. The molecule has 2 N–H and O–H groups in total. The number of ether oxygens (including phenoxy) is 1. The summed E-state index contributed by atoms with van der Waals surface area (Å²) in [5.74, 6) is -0.365. The summed E-state index contributed by atoms with van der Waals surface area (Å²) >= 11 is 0. The SMILES string of the molecule is CN(CCCCC(=O)O)C(=O)[C@@]12C[C@@H](NC(=O)OCC3c4ccccc4-c4ccccc43)C[C@@H]1C2. The van der Waals surface area contributed by atoms with Gasteiger partial charge >= 0.3 is 12.1 Å². The number of nitrogens with zero attached hydrogens (tertiary/aromatic N) is 1. The average molecular weight is 477 g/mol. The first kappa shape index (κ1) is 23.4. The van der Waals surface area contributed by atoms with Crippen LogP contribution >= 0.6 is 0 Å². The third-order valence-electron chi connectivity index (χ3n) is 7.98. The lowest BCUT2D eigenvalue weighted by Crippen LogP contribution is -2.39. The highest BCUT2D eigenvalue weighted by Gasteiger charge is 2.65. The number of carboxylic acid groups (broad SMARTS) is 1. The number of carboxylic acids is 1. The van der Waals surface area contributed by atoms with Crippen molar-refractivity contribution in [2.24, 2.45) is 11.3 Å². The summed E-state index contributed by atoms with van der Waals surface area (Å²) in [6, 6.07) is 16.4. The zero-order chi connectivity index (χ0) is 24.6. The van der Waals surface area contributed by atoms with E-state index in [9.17, 15) is 14.4 Å². The van der Waals surface area contributed by atoms with Crippen LogP contribution in [0.1, 0.15) is 55.6 Å². The van der Waals surface area contributed by atoms with Gasteiger partial charge in [-0.1, -0.05) is 48.5 Å². The fourth-order valence-corrected chi connectivity index (χ4v) is 6.18. The van der Waals surface area contributed by atoms with Crippen molar-refractivity contribution >= 4 is 18.0 Å². The van der Waals surface area contributed by atoms with E-state index >= 15 is 0 Å². The minimum atomic E-state index is -0.808. The molecule has 2 saturated carbocycles. The summed E-state index contributed by atoms with van der Waals surface area (Å²) in [5.41, 5.74) is 4.38. The number of hydrogen-bond acceptors (Lipinski definition) is 4. The number of hydrogen-bond donors (Lipinski definition) is 2. The predicted octanol–water partition coefficient (Wildman–Crippen LogP) is 4.41. The van der Waals surface area contributed by atoms with E-state index in [-0.39, 0.29) is 36.3 Å². The molecule has 35 heavy (non-hydrogen) atoms. The molecule has 2 fully saturated rings. The van der Waals surface area contributed by atoms with Crippen molar-refractivity contribution in [3.63, 3.8) is 0 Å². The maximum absolute atomic E-state index is 13.1. The standard InChI is InChI=1S/C28H32N2O5/c1-30(13-7-6-12-25(31)32)26(33)28-15-18(28)14-19(16-28)29-27(34)35-17-24-22-10-4-2-8-20(22)21-9-3-5-11-23(21)24/h2-5,8-11,18-19,24H,6-7,12-17H2,1H3,(H,29,34)(H,31,32)/t18-,19+,28+/m1/s1. The molecule has 2 aromatic carbocycles. The number of amides is 2. The van der Waals surface area contributed by atoms with Gasteiger partial charge in [-0.25, -0.2) is 4.79 Å². The van der Waals surface area contributed by atoms with E-state index in [2.05, 4.69) is 29.6 Å². The molecule has 2 amide bonds. The number of unbranched alkanes of at least 4 members (excludes halogenated alkanes) is 1. The molecule has 0 aliphatic heterocycles. The van der Waals surface area contributed by atoms with Gasteiger partial charge in [0.2, 0.25) is 5.91 Å². The third kappa shape index (κ3) is 4.51. The van der Waals surface area contributed by atoms with Crippen LogP contribution in [-0.2, 0) is 14.3 Å². The number of alkyl carbamates (subject to hydrolysis) is 1. The lowest BCUT2D eigenvalue weighted by molar-refractivity contribution is -0.137. The minimum absolute atomic E-state index is 0.0211. The molecule has 3 aliphatic carbocycles. The molecule has 0 saturated heterocycles. The van der Waals surface area contributed by atoms with Crippen LogP contribution in [0.25, 0.3) is 11.1 Å². The minimum Gasteiger partial charge on any atom is -0.481 e. The second-order valence-corrected chi connectivity index (χ2v) is 10.2. The van der Waals surface area contributed by atoms with Gasteiger partial charge < -0.3 is 20.1 Å². The van der Waals surface area contributed by atoms with Gasteiger partial charge in [-0.2, -0.15) is 0 Å². The molecular weight excluding hydrogens is 444 g/mol. The van der Waals surface area contributed by atoms with Crippen LogP contribution in [-0.4, -0.2) is 54.2 Å². The Hall–Kier alpha value is -3.35. The molecule has 7 heteroatoms. The highest BCUT2D eigenvalue weighted by atomic mass is 16.5. The van der Waals surface area contributed by atoms with Crippen LogP contribution in [0.4, 0.5) is 4.79 Å². The summed E-state index contributed by atoms with van der Waals surface area (Å²) in [6.07, 6.45) is 3.24. The maximum atomic E-state index is 13.1. The van der Waals surface area contributed by atoms with Crippen molar-refractivity contribution in [1.82, 2.24) is 10.2 Å². The van der Waals surface area contributed by atoms with Crippen molar-refractivity contribution in [3.05, 3.63) is 59.7 Å². The van der Waals surface area contributed by atoms with E-state index in [0.717, 1.165) is 12.8 Å². The summed E-state index contributed by atoms with van der Waals surface area (Å²) < 4.78 is 5.68. The molecule has 2 aromatic rings. The van der Waals surface area contributed by atoms with Crippen molar-refractivity contribution < 1.29 is 24.2 Å². The van der Waals surface area contributed by atoms with Gasteiger partial charge in [-0.3, -0.25) is 9.59 Å². The average Bonchev–Trinajstić information content (AvgIpc) is 3.27. The predicted molar refractivity (Wildman–Crippen MR) is 131 cm³/mol. The zero-order valence-corrected chi connectivity index (χ0v) is 20.0. The van der Waals surface area contributed by atoms with E-state index < -0.39 is 12.1 Å². The monoisotopic (exact) mass is 476 g/mol. The molecule has 0 aromatic heterocycles. The Morgan fingerprint density at radius 2 is 1.69 bits per heavy atom. The van der Waals surface area contributed by atoms with E-state index in [0.29, 0.717) is 31.7 Å². The molecule has 0 heterocycles. The second kappa shape index (κ2) is 9.36. The molecule has 3 atom stereocenters. The second-order valence-electron chi connectivity index (χ2n) is 10.2. The fraction of sp³-hybridized carbons (Fsp3) is 0.464. The van der Waals surface area contributed by atoms with Crippen molar-refractivity contribution in [2.75, 3.05) is 20.2 Å². The number of benzene rings is 2.